The molecule has 0 atom stereocenters. The van der Waals surface area contributed by atoms with Crippen molar-refractivity contribution < 1.29 is 9.53 Å². The number of carbonyl (C=O) groups excluding carboxylic acids is 1. The Morgan fingerprint density at radius 3 is 2.30 bits per heavy atom. The van der Waals surface area contributed by atoms with Crippen LogP contribution in [-0.2, 0) is 10.2 Å². The number of carbonyl (C=O) groups is 1. The minimum atomic E-state index is -0.167. The Morgan fingerprint density at radius 2 is 1.70 bits per heavy atom. The van der Waals surface area contributed by atoms with Crippen LogP contribution in [0.4, 0.5) is 5.69 Å². The normalized spacial score (nSPS) is 11.4. The molecule has 192 valence electrons. The van der Waals surface area contributed by atoms with Crippen LogP contribution in [0.3, 0.4) is 0 Å². The lowest BCUT2D eigenvalue weighted by Crippen LogP contribution is -2.16. The van der Waals surface area contributed by atoms with E-state index < -0.39 is 0 Å². The van der Waals surface area contributed by atoms with Gasteiger partial charge in [0.1, 0.15) is 5.75 Å². The van der Waals surface area contributed by atoms with E-state index in [0.29, 0.717) is 21.7 Å². The maximum absolute atomic E-state index is 12.9. The number of halogens is 1. The highest BCUT2D eigenvalue weighted by atomic mass is 35.5. The molecule has 1 amide bonds. The van der Waals surface area contributed by atoms with Crippen molar-refractivity contribution in [1.29, 1.82) is 0 Å². The van der Waals surface area contributed by atoms with Crippen LogP contribution in [0.5, 0.6) is 5.75 Å². The molecule has 0 saturated carbocycles. The Kier molecular flexibility index (Phi) is 7.95. The predicted molar refractivity (Wildman–Crippen MR) is 152 cm³/mol. The van der Waals surface area contributed by atoms with E-state index in [1.54, 1.807) is 7.11 Å². The summed E-state index contributed by atoms with van der Waals surface area (Å²) in [5.74, 6) is 1.44. The van der Waals surface area contributed by atoms with Gasteiger partial charge in [0.2, 0.25) is 5.91 Å². The minimum absolute atomic E-state index is 0.0509. The first-order valence-electron chi connectivity index (χ1n) is 12.0. The first-order valence-corrected chi connectivity index (χ1v) is 13.3. The molecule has 0 unspecified atom stereocenters. The van der Waals surface area contributed by atoms with E-state index in [9.17, 15) is 4.79 Å². The fraction of sp³-hybridized carbons (Fsp3) is 0.276. The zero-order chi connectivity index (χ0) is 26.7. The number of hydrogen-bond donors (Lipinski definition) is 1. The second-order valence-electron chi connectivity index (χ2n) is 9.94. The topological polar surface area (TPSA) is 69.0 Å². The summed E-state index contributed by atoms with van der Waals surface area (Å²) in [5, 5.41) is 13.0. The number of hydrogen-bond acceptors (Lipinski definition) is 5. The summed E-state index contributed by atoms with van der Waals surface area (Å²) in [6.45, 7) is 10.5. The second kappa shape index (κ2) is 11.0. The van der Waals surface area contributed by atoms with E-state index in [-0.39, 0.29) is 17.1 Å². The SMILES string of the molecule is COc1ccc(-n2c(SCC(=O)Nc3c(C)cc(C)cc3Cl)nnc2-c2ccc(C(C)(C)C)cc2)cc1. The molecule has 4 rings (SSSR count). The molecular weight excluding hydrogens is 504 g/mol. The molecular formula is C29H31ClN4O2S. The molecule has 1 heterocycles. The minimum Gasteiger partial charge on any atom is -0.497 e. The van der Waals surface area contributed by atoms with Crippen molar-refractivity contribution in [2.24, 2.45) is 0 Å². The van der Waals surface area contributed by atoms with Crippen LogP contribution < -0.4 is 10.1 Å². The number of ether oxygens (including phenoxy) is 1. The second-order valence-corrected chi connectivity index (χ2v) is 11.3. The third-order valence-corrected chi connectivity index (χ3v) is 7.23. The van der Waals surface area contributed by atoms with Crippen molar-refractivity contribution in [3.63, 3.8) is 0 Å². The van der Waals surface area contributed by atoms with Gasteiger partial charge in [-0.3, -0.25) is 9.36 Å². The fourth-order valence-corrected chi connectivity index (χ4v) is 5.13. The molecule has 1 aromatic heterocycles. The lowest BCUT2D eigenvalue weighted by molar-refractivity contribution is -0.113. The van der Waals surface area contributed by atoms with E-state index in [0.717, 1.165) is 28.1 Å². The number of thioether (sulfide) groups is 1. The number of benzene rings is 3. The summed E-state index contributed by atoms with van der Waals surface area (Å²) in [5.41, 5.74) is 5.71. The summed E-state index contributed by atoms with van der Waals surface area (Å²) in [6, 6.07) is 19.9. The first-order chi connectivity index (χ1) is 17.6. The van der Waals surface area contributed by atoms with Crippen molar-refractivity contribution in [2.45, 2.75) is 45.2 Å². The summed E-state index contributed by atoms with van der Waals surface area (Å²) >= 11 is 7.70. The standard InChI is InChI=1S/C29H31ClN4O2S/c1-18-15-19(2)26(24(30)16-18)31-25(35)17-37-28-33-32-27(20-7-9-21(10-8-20)29(3,4)5)34(28)22-11-13-23(36-6)14-12-22/h7-16H,17H2,1-6H3,(H,31,35). The highest BCUT2D eigenvalue weighted by Crippen LogP contribution is 2.32. The molecule has 6 nitrogen and oxygen atoms in total. The predicted octanol–water partition coefficient (Wildman–Crippen LogP) is 7.24. The van der Waals surface area contributed by atoms with Gasteiger partial charge in [-0.25, -0.2) is 0 Å². The molecule has 0 aliphatic rings. The van der Waals surface area contributed by atoms with Crippen LogP contribution in [-0.4, -0.2) is 33.5 Å². The van der Waals surface area contributed by atoms with Crippen LogP contribution in [0.15, 0.2) is 65.8 Å². The maximum atomic E-state index is 12.9. The van der Waals surface area contributed by atoms with Gasteiger partial charge in [-0.1, -0.05) is 74.5 Å². The highest BCUT2D eigenvalue weighted by Gasteiger charge is 2.20. The van der Waals surface area contributed by atoms with Crippen molar-refractivity contribution in [3.05, 3.63) is 82.4 Å². The van der Waals surface area contributed by atoms with Gasteiger partial charge in [-0.15, -0.1) is 10.2 Å². The number of amides is 1. The summed E-state index contributed by atoms with van der Waals surface area (Å²) in [4.78, 5) is 12.9. The number of aromatic nitrogens is 3. The molecule has 1 N–H and O–H groups in total. The van der Waals surface area contributed by atoms with Crippen LogP contribution in [0, 0.1) is 13.8 Å². The molecule has 0 saturated heterocycles. The Labute approximate surface area is 227 Å². The van der Waals surface area contributed by atoms with Gasteiger partial charge >= 0.3 is 0 Å². The Balaban J connectivity index is 1.63. The summed E-state index contributed by atoms with van der Waals surface area (Å²) in [6.07, 6.45) is 0. The molecule has 0 fully saturated rings. The molecule has 0 aliphatic carbocycles. The van der Waals surface area contributed by atoms with E-state index in [1.165, 1.54) is 17.3 Å². The molecule has 0 bridgehead atoms. The van der Waals surface area contributed by atoms with Crippen LogP contribution in [0.25, 0.3) is 17.1 Å². The average molecular weight is 535 g/mol. The molecule has 0 aliphatic heterocycles. The van der Waals surface area contributed by atoms with Crippen LogP contribution >= 0.6 is 23.4 Å². The van der Waals surface area contributed by atoms with Crippen molar-refractivity contribution in [1.82, 2.24) is 14.8 Å². The van der Waals surface area contributed by atoms with Crippen molar-refractivity contribution in [3.8, 4) is 22.8 Å². The maximum Gasteiger partial charge on any atom is 0.234 e. The van der Waals surface area contributed by atoms with E-state index in [1.807, 2.05) is 54.8 Å². The quantitative estimate of drug-likeness (QED) is 0.253. The number of aryl methyl sites for hydroxylation is 2. The van der Waals surface area contributed by atoms with Crippen LogP contribution in [0.1, 0.15) is 37.5 Å². The zero-order valence-corrected chi connectivity index (χ0v) is 23.5. The monoisotopic (exact) mass is 534 g/mol. The molecule has 37 heavy (non-hydrogen) atoms. The largest absolute Gasteiger partial charge is 0.497 e. The Hall–Kier alpha value is -3.29. The van der Waals surface area contributed by atoms with E-state index >= 15 is 0 Å². The summed E-state index contributed by atoms with van der Waals surface area (Å²) < 4.78 is 7.30. The Morgan fingerprint density at radius 1 is 1.03 bits per heavy atom. The highest BCUT2D eigenvalue weighted by molar-refractivity contribution is 7.99. The van der Waals surface area contributed by atoms with Crippen molar-refractivity contribution >= 4 is 35.0 Å². The number of nitrogens with zero attached hydrogens (tertiary/aromatic N) is 3. The lowest BCUT2D eigenvalue weighted by Gasteiger charge is -2.19. The zero-order valence-electron chi connectivity index (χ0n) is 21.9. The van der Waals surface area contributed by atoms with Crippen LogP contribution in [0.2, 0.25) is 5.02 Å². The van der Waals surface area contributed by atoms with E-state index in [2.05, 4.69) is 60.6 Å². The average Bonchev–Trinajstić information content (AvgIpc) is 3.28. The number of nitrogens with one attached hydrogen (secondary N) is 1. The van der Waals surface area contributed by atoms with Crippen molar-refractivity contribution in [2.75, 3.05) is 18.2 Å². The third-order valence-electron chi connectivity index (χ3n) is 6.00. The molecule has 0 spiro atoms. The molecule has 0 radical (unpaired) electrons. The van der Waals surface area contributed by atoms with Gasteiger partial charge in [-0.05, 0) is 66.3 Å². The van der Waals surface area contributed by atoms with E-state index in [4.69, 9.17) is 16.3 Å². The summed E-state index contributed by atoms with van der Waals surface area (Å²) in [7, 11) is 1.64. The van der Waals surface area contributed by atoms with Gasteiger partial charge in [-0.2, -0.15) is 0 Å². The fourth-order valence-electron chi connectivity index (χ4n) is 4.01. The van der Waals surface area contributed by atoms with Gasteiger partial charge in [0.15, 0.2) is 11.0 Å². The number of methoxy groups -OCH3 is 1. The molecule has 3 aromatic carbocycles. The third kappa shape index (κ3) is 6.17. The number of rotatable bonds is 7. The Bertz CT molecular complexity index is 1380. The van der Waals surface area contributed by atoms with Gasteiger partial charge in [0.25, 0.3) is 0 Å². The van der Waals surface area contributed by atoms with Gasteiger partial charge < -0.3 is 10.1 Å². The van der Waals surface area contributed by atoms with Gasteiger partial charge in [0.05, 0.1) is 23.6 Å². The lowest BCUT2D eigenvalue weighted by atomic mass is 9.87. The molecule has 4 aromatic rings. The first kappa shape index (κ1) is 26.8. The smallest absolute Gasteiger partial charge is 0.234 e. The number of anilines is 1. The van der Waals surface area contributed by atoms with Gasteiger partial charge in [0, 0.05) is 11.3 Å². The molecule has 8 heteroatoms.